The average Bonchev–Trinajstić information content (AvgIpc) is 2.14. The van der Waals surface area contributed by atoms with Crippen LogP contribution < -0.4 is 4.78 Å². The summed E-state index contributed by atoms with van der Waals surface area (Å²) in [6.45, 7) is 1.90. The molecule has 0 fully saturated rings. The van der Waals surface area contributed by atoms with E-state index in [-0.39, 0.29) is 0 Å². The molecule has 1 radical (unpaired) electrons. The maximum atomic E-state index is 8.40. The molecule has 0 atom stereocenters. The number of aromatic nitrogens is 1. The van der Waals surface area contributed by atoms with Crippen molar-refractivity contribution in [2.75, 3.05) is 0 Å². The Labute approximate surface area is 52.5 Å². The zero-order valence-electron chi connectivity index (χ0n) is 4.46. The molecule has 41 valence electrons. The van der Waals surface area contributed by atoms with E-state index >= 15 is 0 Å². The minimum absolute atomic E-state index is 0.808. The maximum absolute atomic E-state index is 8.40. The van der Waals surface area contributed by atoms with Gasteiger partial charge in [0.05, 0.1) is 5.01 Å². The molecule has 1 N–H and O–H groups in total. The first kappa shape index (κ1) is 5.79. The van der Waals surface area contributed by atoms with Gasteiger partial charge in [-0.05, 0) is 6.92 Å². The minimum atomic E-state index is 0.808. The SMILES string of the molecule is Cc1ncc([B]O)s1. The van der Waals surface area contributed by atoms with Crippen molar-refractivity contribution in [1.29, 1.82) is 0 Å². The Morgan fingerprint density at radius 3 is 2.88 bits per heavy atom. The summed E-state index contributed by atoms with van der Waals surface area (Å²) in [6, 6.07) is 0. The van der Waals surface area contributed by atoms with Gasteiger partial charge in [-0.1, -0.05) is 0 Å². The summed E-state index contributed by atoms with van der Waals surface area (Å²) in [4.78, 5) is 3.91. The monoisotopic (exact) mass is 126 g/mol. The zero-order valence-corrected chi connectivity index (χ0v) is 5.27. The molecule has 1 aromatic rings. The summed E-state index contributed by atoms with van der Waals surface area (Å²) in [5.41, 5.74) is 0. The second-order valence-corrected chi connectivity index (χ2v) is 2.68. The predicted molar refractivity (Wildman–Crippen MR) is 34.5 cm³/mol. The van der Waals surface area contributed by atoms with Crippen LogP contribution in [0.2, 0.25) is 0 Å². The van der Waals surface area contributed by atoms with Crippen LogP contribution in [0.25, 0.3) is 0 Å². The molecule has 0 bridgehead atoms. The van der Waals surface area contributed by atoms with Crippen LogP contribution in [0.5, 0.6) is 0 Å². The van der Waals surface area contributed by atoms with Crippen molar-refractivity contribution in [3.63, 3.8) is 0 Å². The van der Waals surface area contributed by atoms with E-state index in [2.05, 4.69) is 4.98 Å². The molecular formula is C4H5BNOS. The number of thiazole rings is 1. The Morgan fingerprint density at radius 1 is 1.88 bits per heavy atom. The van der Waals surface area contributed by atoms with Gasteiger partial charge in [0.25, 0.3) is 0 Å². The van der Waals surface area contributed by atoms with E-state index in [1.165, 1.54) is 11.3 Å². The lowest BCUT2D eigenvalue weighted by atomic mass is 10.0. The highest BCUT2D eigenvalue weighted by Gasteiger charge is 1.95. The Morgan fingerprint density at radius 2 is 2.62 bits per heavy atom. The molecule has 0 unspecified atom stereocenters. The molecule has 0 spiro atoms. The van der Waals surface area contributed by atoms with Gasteiger partial charge in [0.15, 0.2) is 0 Å². The second-order valence-electron chi connectivity index (χ2n) is 1.41. The standard InChI is InChI=1S/C4H5BNOS/c1-3-6-2-4(5-7)8-3/h2,7H,1H3. The lowest BCUT2D eigenvalue weighted by Gasteiger charge is -1.74. The van der Waals surface area contributed by atoms with Gasteiger partial charge in [-0.2, -0.15) is 0 Å². The van der Waals surface area contributed by atoms with Crippen LogP contribution >= 0.6 is 11.3 Å². The summed E-state index contributed by atoms with van der Waals surface area (Å²) >= 11 is 1.47. The van der Waals surface area contributed by atoms with Crippen molar-refractivity contribution >= 4 is 23.6 Å². The first-order valence-corrected chi connectivity index (χ1v) is 3.04. The molecule has 0 aliphatic carbocycles. The van der Waals surface area contributed by atoms with Crippen molar-refractivity contribution in [3.8, 4) is 0 Å². The fraction of sp³-hybridized carbons (Fsp3) is 0.250. The second kappa shape index (κ2) is 2.28. The quantitative estimate of drug-likeness (QED) is 0.523. The van der Waals surface area contributed by atoms with Gasteiger partial charge in [-0.15, -0.1) is 11.3 Å². The minimum Gasteiger partial charge on any atom is -0.449 e. The van der Waals surface area contributed by atoms with E-state index in [4.69, 9.17) is 5.02 Å². The van der Waals surface area contributed by atoms with Crippen molar-refractivity contribution in [1.82, 2.24) is 4.98 Å². The summed E-state index contributed by atoms with van der Waals surface area (Å²) in [7, 11) is 1.06. The fourth-order valence-electron chi connectivity index (χ4n) is 0.437. The Balaban J connectivity index is 2.84. The summed E-state index contributed by atoms with van der Waals surface area (Å²) in [6.07, 6.45) is 1.64. The number of hydrogen-bond acceptors (Lipinski definition) is 3. The highest BCUT2D eigenvalue weighted by Crippen LogP contribution is 1.96. The van der Waals surface area contributed by atoms with E-state index in [1.807, 2.05) is 6.92 Å². The number of aryl methyl sites for hydroxylation is 1. The first-order chi connectivity index (χ1) is 3.83. The van der Waals surface area contributed by atoms with Crippen LogP contribution in [-0.2, 0) is 0 Å². The van der Waals surface area contributed by atoms with E-state index in [9.17, 15) is 0 Å². The molecule has 0 aromatic carbocycles. The van der Waals surface area contributed by atoms with E-state index in [0.717, 1.165) is 17.3 Å². The Kier molecular flexibility index (Phi) is 1.65. The molecule has 0 aliphatic rings. The van der Waals surface area contributed by atoms with Gasteiger partial charge in [-0.3, -0.25) is 4.98 Å². The molecular weight excluding hydrogens is 121 g/mol. The van der Waals surface area contributed by atoms with E-state index < -0.39 is 0 Å². The van der Waals surface area contributed by atoms with Crippen LogP contribution in [0.15, 0.2) is 6.20 Å². The van der Waals surface area contributed by atoms with Crippen LogP contribution in [0.3, 0.4) is 0 Å². The Hall–Kier alpha value is -0.345. The average molecular weight is 126 g/mol. The maximum Gasteiger partial charge on any atom is 0.339 e. The molecule has 0 aliphatic heterocycles. The normalized spacial score (nSPS) is 9.25. The van der Waals surface area contributed by atoms with E-state index in [0.29, 0.717) is 0 Å². The molecule has 2 nitrogen and oxygen atoms in total. The molecule has 0 saturated carbocycles. The summed E-state index contributed by atoms with van der Waals surface area (Å²) in [5, 5.41) is 9.37. The van der Waals surface area contributed by atoms with Gasteiger partial charge >= 0.3 is 7.48 Å². The third-order valence-electron chi connectivity index (χ3n) is 0.766. The van der Waals surface area contributed by atoms with Crippen molar-refractivity contribution in [2.24, 2.45) is 0 Å². The van der Waals surface area contributed by atoms with Gasteiger partial charge in [0.1, 0.15) is 0 Å². The fourth-order valence-corrected chi connectivity index (χ4v) is 1.04. The molecule has 8 heavy (non-hydrogen) atoms. The number of rotatable bonds is 1. The molecule has 1 aromatic heterocycles. The molecule has 0 saturated heterocycles. The summed E-state index contributed by atoms with van der Waals surface area (Å²) in [5.74, 6) is 0. The molecule has 0 amide bonds. The van der Waals surface area contributed by atoms with Crippen molar-refractivity contribution in [2.45, 2.75) is 6.92 Å². The van der Waals surface area contributed by atoms with Gasteiger partial charge < -0.3 is 5.02 Å². The summed E-state index contributed by atoms with van der Waals surface area (Å²) < 4.78 is 0.808. The topological polar surface area (TPSA) is 33.1 Å². The third kappa shape index (κ3) is 1.08. The van der Waals surface area contributed by atoms with Gasteiger partial charge in [-0.25, -0.2) is 0 Å². The van der Waals surface area contributed by atoms with Crippen molar-refractivity contribution < 1.29 is 5.02 Å². The van der Waals surface area contributed by atoms with Crippen molar-refractivity contribution in [3.05, 3.63) is 11.2 Å². The molecule has 1 rings (SSSR count). The number of hydrogen-bond donors (Lipinski definition) is 1. The lowest BCUT2D eigenvalue weighted by Crippen LogP contribution is -2.06. The molecule has 1 heterocycles. The third-order valence-corrected chi connectivity index (χ3v) is 1.61. The highest BCUT2D eigenvalue weighted by molar-refractivity contribution is 7.20. The Bertz CT molecular complexity index is 176. The largest absolute Gasteiger partial charge is 0.449 e. The first-order valence-electron chi connectivity index (χ1n) is 2.23. The van der Waals surface area contributed by atoms with Crippen LogP contribution in [0, 0.1) is 6.92 Å². The lowest BCUT2D eigenvalue weighted by molar-refractivity contribution is 0.616. The van der Waals surface area contributed by atoms with Gasteiger partial charge in [0.2, 0.25) is 0 Å². The van der Waals surface area contributed by atoms with E-state index in [1.54, 1.807) is 6.20 Å². The van der Waals surface area contributed by atoms with Crippen LogP contribution in [0.4, 0.5) is 0 Å². The zero-order chi connectivity index (χ0) is 5.98. The van der Waals surface area contributed by atoms with Crippen LogP contribution in [-0.4, -0.2) is 17.5 Å². The smallest absolute Gasteiger partial charge is 0.339 e. The van der Waals surface area contributed by atoms with Gasteiger partial charge in [0, 0.05) is 11.0 Å². The highest BCUT2D eigenvalue weighted by atomic mass is 32.1. The number of nitrogens with zero attached hydrogens (tertiary/aromatic N) is 1. The molecule has 4 heteroatoms. The predicted octanol–water partition coefficient (Wildman–Crippen LogP) is -0.312. The van der Waals surface area contributed by atoms with Crippen LogP contribution in [0.1, 0.15) is 5.01 Å².